The van der Waals surface area contributed by atoms with E-state index in [1.165, 1.54) is 18.7 Å². The number of carbonyl (C=O) groups excluding carboxylic acids is 1. The van der Waals surface area contributed by atoms with Crippen LogP contribution in [0.4, 0.5) is 5.69 Å². The van der Waals surface area contributed by atoms with Crippen molar-refractivity contribution >= 4 is 33.2 Å². The van der Waals surface area contributed by atoms with Gasteiger partial charge in [0.25, 0.3) is 0 Å². The van der Waals surface area contributed by atoms with Gasteiger partial charge in [0.2, 0.25) is 15.9 Å². The lowest BCUT2D eigenvalue weighted by molar-refractivity contribution is -0.133. The second kappa shape index (κ2) is 9.89. The molecule has 2 aromatic rings. The van der Waals surface area contributed by atoms with Crippen molar-refractivity contribution in [3.63, 3.8) is 0 Å². The van der Waals surface area contributed by atoms with E-state index in [0.717, 1.165) is 30.2 Å². The molecule has 1 atom stereocenters. The standard InChI is InChI=1S/C22H28ClN3O4S/c1-17(26(31(3,28)29)19-9-10-21(30-2)20(23)15-19)22(27)25-13-11-24(12-14-25)16-18-7-5-4-6-8-18/h4-10,15,17H,11-14,16H2,1-3H3. The maximum Gasteiger partial charge on any atom is 0.246 e. The molecule has 0 spiro atoms. The van der Waals surface area contributed by atoms with Crippen LogP contribution in [0.3, 0.4) is 0 Å². The predicted molar refractivity (Wildman–Crippen MR) is 123 cm³/mol. The molecule has 0 aromatic heterocycles. The van der Waals surface area contributed by atoms with Crippen LogP contribution in [0.5, 0.6) is 5.75 Å². The number of anilines is 1. The number of rotatable bonds is 7. The van der Waals surface area contributed by atoms with E-state index in [0.29, 0.717) is 24.5 Å². The Morgan fingerprint density at radius 2 is 1.77 bits per heavy atom. The van der Waals surface area contributed by atoms with E-state index < -0.39 is 16.1 Å². The number of nitrogens with zero attached hydrogens (tertiary/aromatic N) is 3. The predicted octanol–water partition coefficient (Wildman–Crippen LogP) is 2.85. The third-order valence-electron chi connectivity index (χ3n) is 5.39. The fourth-order valence-electron chi connectivity index (χ4n) is 3.83. The number of hydrogen-bond donors (Lipinski definition) is 0. The van der Waals surface area contributed by atoms with Gasteiger partial charge in [-0.2, -0.15) is 0 Å². The van der Waals surface area contributed by atoms with Gasteiger partial charge in [0.1, 0.15) is 11.8 Å². The third kappa shape index (κ3) is 5.70. The minimum atomic E-state index is -3.71. The van der Waals surface area contributed by atoms with Gasteiger partial charge in [-0.1, -0.05) is 41.9 Å². The largest absolute Gasteiger partial charge is 0.495 e. The smallest absolute Gasteiger partial charge is 0.246 e. The topological polar surface area (TPSA) is 70.2 Å². The van der Waals surface area contributed by atoms with Crippen molar-refractivity contribution in [2.75, 3.05) is 43.8 Å². The SMILES string of the molecule is COc1ccc(N(C(C)C(=O)N2CCN(Cc3ccccc3)CC2)S(C)(=O)=O)cc1Cl. The average molecular weight is 466 g/mol. The first kappa shape index (κ1) is 23.4. The van der Waals surface area contributed by atoms with Crippen LogP contribution in [0.2, 0.25) is 5.02 Å². The Morgan fingerprint density at radius 3 is 2.32 bits per heavy atom. The molecule has 0 radical (unpaired) electrons. The van der Waals surface area contributed by atoms with E-state index >= 15 is 0 Å². The third-order valence-corrected chi connectivity index (χ3v) is 6.93. The number of ether oxygens (including phenoxy) is 1. The average Bonchev–Trinajstić information content (AvgIpc) is 2.74. The highest BCUT2D eigenvalue weighted by atomic mass is 35.5. The van der Waals surface area contributed by atoms with Gasteiger partial charge in [-0.05, 0) is 30.7 Å². The summed E-state index contributed by atoms with van der Waals surface area (Å²) in [4.78, 5) is 17.2. The molecule has 1 heterocycles. The van der Waals surface area contributed by atoms with Crippen LogP contribution in [0.1, 0.15) is 12.5 Å². The summed E-state index contributed by atoms with van der Waals surface area (Å²) in [6.07, 6.45) is 1.09. The molecule has 0 aliphatic carbocycles. The number of benzene rings is 2. The summed E-state index contributed by atoms with van der Waals surface area (Å²) >= 11 is 6.19. The number of halogens is 1. The van der Waals surface area contributed by atoms with Crippen LogP contribution in [0, 0.1) is 0 Å². The van der Waals surface area contributed by atoms with Gasteiger partial charge in [0.15, 0.2) is 0 Å². The molecule has 1 aliphatic heterocycles. The van der Waals surface area contributed by atoms with Crippen molar-refractivity contribution in [3.8, 4) is 5.75 Å². The molecule has 7 nitrogen and oxygen atoms in total. The lowest BCUT2D eigenvalue weighted by Crippen LogP contribution is -2.55. The molecular weight excluding hydrogens is 438 g/mol. The first-order valence-corrected chi connectivity index (χ1v) is 12.3. The summed E-state index contributed by atoms with van der Waals surface area (Å²) in [6, 6.07) is 14.0. The van der Waals surface area contributed by atoms with Crippen molar-refractivity contribution in [1.29, 1.82) is 0 Å². The second-order valence-corrected chi connectivity index (χ2v) is 9.91. The Bertz CT molecular complexity index is 1010. The van der Waals surface area contributed by atoms with E-state index in [-0.39, 0.29) is 10.9 Å². The Kier molecular flexibility index (Phi) is 7.46. The molecule has 1 aliphatic rings. The summed E-state index contributed by atoms with van der Waals surface area (Å²) in [6.45, 7) is 5.02. The quantitative estimate of drug-likeness (QED) is 0.628. The van der Waals surface area contributed by atoms with Gasteiger partial charge in [-0.25, -0.2) is 8.42 Å². The van der Waals surface area contributed by atoms with Crippen LogP contribution >= 0.6 is 11.6 Å². The zero-order valence-corrected chi connectivity index (χ0v) is 19.6. The number of hydrogen-bond acceptors (Lipinski definition) is 5. The molecule has 31 heavy (non-hydrogen) atoms. The molecule has 0 N–H and O–H groups in total. The Balaban J connectivity index is 1.70. The van der Waals surface area contributed by atoms with Crippen LogP contribution < -0.4 is 9.04 Å². The highest BCUT2D eigenvalue weighted by molar-refractivity contribution is 7.92. The summed E-state index contributed by atoms with van der Waals surface area (Å²) in [5.41, 5.74) is 1.56. The van der Waals surface area contributed by atoms with Gasteiger partial charge in [-0.3, -0.25) is 14.0 Å². The minimum Gasteiger partial charge on any atom is -0.495 e. The van der Waals surface area contributed by atoms with E-state index in [4.69, 9.17) is 16.3 Å². The molecule has 2 aromatic carbocycles. The van der Waals surface area contributed by atoms with Crippen molar-refractivity contribution in [1.82, 2.24) is 9.80 Å². The number of amides is 1. The van der Waals surface area contributed by atoms with Crippen molar-refractivity contribution in [2.24, 2.45) is 0 Å². The van der Waals surface area contributed by atoms with Crippen LogP contribution in [0.15, 0.2) is 48.5 Å². The number of methoxy groups -OCH3 is 1. The summed E-state index contributed by atoms with van der Waals surface area (Å²) in [7, 11) is -2.23. The fraction of sp³-hybridized carbons (Fsp3) is 0.409. The van der Waals surface area contributed by atoms with E-state index in [9.17, 15) is 13.2 Å². The minimum absolute atomic E-state index is 0.225. The van der Waals surface area contributed by atoms with E-state index in [1.54, 1.807) is 24.0 Å². The Morgan fingerprint density at radius 1 is 1.13 bits per heavy atom. The van der Waals surface area contributed by atoms with Crippen molar-refractivity contribution in [2.45, 2.75) is 19.5 Å². The van der Waals surface area contributed by atoms with Gasteiger partial charge < -0.3 is 9.64 Å². The van der Waals surface area contributed by atoms with Crippen molar-refractivity contribution < 1.29 is 17.9 Å². The van der Waals surface area contributed by atoms with Gasteiger partial charge >= 0.3 is 0 Å². The Hall–Kier alpha value is -2.29. The highest BCUT2D eigenvalue weighted by Gasteiger charge is 2.33. The molecule has 0 saturated carbocycles. The molecule has 1 saturated heterocycles. The molecule has 1 fully saturated rings. The summed E-state index contributed by atoms with van der Waals surface area (Å²) in [5.74, 6) is 0.212. The lowest BCUT2D eigenvalue weighted by atomic mass is 10.2. The molecule has 1 amide bonds. The second-order valence-electron chi connectivity index (χ2n) is 7.64. The first-order chi connectivity index (χ1) is 14.7. The zero-order valence-electron chi connectivity index (χ0n) is 18.0. The van der Waals surface area contributed by atoms with Crippen LogP contribution in [-0.4, -0.2) is 69.7 Å². The zero-order chi connectivity index (χ0) is 22.6. The number of sulfonamides is 1. The lowest BCUT2D eigenvalue weighted by Gasteiger charge is -2.38. The maximum atomic E-state index is 13.2. The van der Waals surface area contributed by atoms with Gasteiger partial charge in [0, 0.05) is 32.7 Å². The maximum absolute atomic E-state index is 13.2. The van der Waals surface area contributed by atoms with E-state index in [2.05, 4.69) is 17.0 Å². The molecule has 168 valence electrons. The summed E-state index contributed by atoms with van der Waals surface area (Å²) in [5, 5.41) is 0.280. The van der Waals surface area contributed by atoms with Crippen LogP contribution in [-0.2, 0) is 21.4 Å². The van der Waals surface area contributed by atoms with Gasteiger partial charge in [0.05, 0.1) is 24.1 Å². The van der Waals surface area contributed by atoms with Crippen molar-refractivity contribution in [3.05, 3.63) is 59.1 Å². The fourth-order valence-corrected chi connectivity index (χ4v) is 5.24. The molecule has 3 rings (SSSR count). The molecule has 0 bridgehead atoms. The normalized spacial score (nSPS) is 16.1. The van der Waals surface area contributed by atoms with E-state index in [1.807, 2.05) is 18.2 Å². The number of piperazine rings is 1. The monoisotopic (exact) mass is 465 g/mol. The first-order valence-electron chi connectivity index (χ1n) is 10.1. The van der Waals surface area contributed by atoms with Crippen LogP contribution in [0.25, 0.3) is 0 Å². The summed E-state index contributed by atoms with van der Waals surface area (Å²) < 4.78 is 31.4. The molecule has 1 unspecified atom stereocenters. The number of carbonyl (C=O) groups is 1. The highest BCUT2D eigenvalue weighted by Crippen LogP contribution is 2.31. The van der Waals surface area contributed by atoms with Gasteiger partial charge in [-0.15, -0.1) is 0 Å². The Labute approximate surface area is 189 Å². The molecule has 9 heteroatoms. The molecular formula is C22H28ClN3O4S.